The minimum atomic E-state index is -0.364. The summed E-state index contributed by atoms with van der Waals surface area (Å²) in [4.78, 5) is 11.1. The second kappa shape index (κ2) is 5.59. The Bertz CT molecular complexity index is 554. The number of ether oxygens (including phenoxy) is 1. The van der Waals surface area contributed by atoms with Gasteiger partial charge in [0.2, 0.25) is 0 Å². The fourth-order valence-electron chi connectivity index (χ4n) is 3.69. The van der Waals surface area contributed by atoms with Crippen LogP contribution in [0.1, 0.15) is 44.1 Å². The Labute approximate surface area is 133 Å². The number of nitro groups is 1. The third kappa shape index (κ3) is 2.56. The molecular formula is C16H20BrNO3. The van der Waals surface area contributed by atoms with Gasteiger partial charge in [-0.15, -0.1) is 0 Å². The molecule has 2 aliphatic rings. The fraction of sp³-hybridized carbons (Fsp3) is 0.625. The normalized spacial score (nSPS) is 27.1. The largest absolute Gasteiger partial charge is 0.489 e. The fourth-order valence-corrected chi connectivity index (χ4v) is 4.78. The van der Waals surface area contributed by atoms with E-state index in [1.807, 2.05) is 6.92 Å². The van der Waals surface area contributed by atoms with Gasteiger partial charge in [0.25, 0.3) is 5.69 Å². The van der Waals surface area contributed by atoms with Crippen molar-refractivity contribution in [2.75, 3.05) is 0 Å². The van der Waals surface area contributed by atoms with Crippen molar-refractivity contribution >= 4 is 21.6 Å². The van der Waals surface area contributed by atoms with Crippen molar-refractivity contribution in [2.24, 2.45) is 5.41 Å². The van der Waals surface area contributed by atoms with E-state index in [4.69, 9.17) is 4.74 Å². The van der Waals surface area contributed by atoms with Crippen molar-refractivity contribution < 1.29 is 9.66 Å². The van der Waals surface area contributed by atoms with Crippen LogP contribution in [-0.2, 0) is 0 Å². The van der Waals surface area contributed by atoms with Gasteiger partial charge in [0.05, 0.1) is 11.0 Å². The van der Waals surface area contributed by atoms with E-state index in [2.05, 4.69) is 15.9 Å². The highest BCUT2D eigenvalue weighted by molar-refractivity contribution is 9.09. The van der Waals surface area contributed by atoms with Crippen LogP contribution >= 0.6 is 15.9 Å². The minimum absolute atomic E-state index is 0.100. The molecule has 21 heavy (non-hydrogen) atoms. The molecule has 114 valence electrons. The van der Waals surface area contributed by atoms with Gasteiger partial charge in [0, 0.05) is 16.3 Å². The number of halogens is 1. The molecule has 3 rings (SSSR count). The Morgan fingerprint density at radius 1 is 1.33 bits per heavy atom. The van der Waals surface area contributed by atoms with Crippen molar-refractivity contribution in [2.45, 2.75) is 56.4 Å². The predicted molar refractivity (Wildman–Crippen MR) is 85.1 cm³/mol. The summed E-state index contributed by atoms with van der Waals surface area (Å²) in [7, 11) is 0. The third-order valence-electron chi connectivity index (χ3n) is 5.12. The van der Waals surface area contributed by atoms with Gasteiger partial charge in [-0.1, -0.05) is 35.2 Å². The highest BCUT2D eigenvalue weighted by Crippen LogP contribution is 2.56. The summed E-state index contributed by atoms with van der Waals surface area (Å²) in [6.45, 7) is 1.94. The predicted octanol–water partition coefficient (Wildman–Crippen LogP) is 4.77. The zero-order valence-electron chi connectivity index (χ0n) is 12.2. The van der Waals surface area contributed by atoms with E-state index in [0.29, 0.717) is 10.6 Å². The summed E-state index contributed by atoms with van der Waals surface area (Å²) in [6, 6.07) is 4.87. The number of alkyl halides is 1. The molecule has 2 atom stereocenters. The van der Waals surface area contributed by atoms with Crippen LogP contribution in [0.15, 0.2) is 18.2 Å². The Balaban J connectivity index is 1.80. The molecule has 0 aromatic heterocycles. The van der Waals surface area contributed by atoms with Crippen molar-refractivity contribution in [1.29, 1.82) is 0 Å². The molecule has 2 aliphatic carbocycles. The van der Waals surface area contributed by atoms with E-state index >= 15 is 0 Å². The lowest BCUT2D eigenvalue weighted by Crippen LogP contribution is -2.57. The van der Waals surface area contributed by atoms with E-state index < -0.39 is 0 Å². The maximum atomic E-state index is 10.9. The first-order chi connectivity index (χ1) is 10.0. The van der Waals surface area contributed by atoms with Crippen LogP contribution in [0.2, 0.25) is 0 Å². The molecule has 0 amide bonds. The summed E-state index contributed by atoms with van der Waals surface area (Å²) < 4.78 is 6.20. The first-order valence-corrected chi connectivity index (χ1v) is 8.50. The molecule has 1 aromatic carbocycles. The number of nitro benzene ring substituents is 1. The maximum absolute atomic E-state index is 10.9. The standard InChI is InChI=1S/C16H20BrNO3/c1-11-5-6-12(18(19)20)9-13(11)21-15-10-14(17)16(15)7-3-2-4-8-16/h5-6,9,14-15H,2-4,7-8,10H2,1H3. The number of rotatable bonds is 3. The van der Waals surface area contributed by atoms with Crippen molar-refractivity contribution in [3.05, 3.63) is 33.9 Å². The molecule has 0 bridgehead atoms. The number of aryl methyl sites for hydroxylation is 1. The Kier molecular flexibility index (Phi) is 3.95. The second-order valence-electron chi connectivity index (χ2n) is 6.31. The topological polar surface area (TPSA) is 52.4 Å². The summed E-state index contributed by atoms with van der Waals surface area (Å²) in [5.41, 5.74) is 1.29. The molecule has 5 heteroatoms. The lowest BCUT2D eigenvalue weighted by molar-refractivity contribution is -0.385. The Hall–Kier alpha value is -1.10. The lowest BCUT2D eigenvalue weighted by atomic mass is 9.58. The first-order valence-electron chi connectivity index (χ1n) is 7.59. The molecule has 4 nitrogen and oxygen atoms in total. The zero-order chi connectivity index (χ0) is 15.0. The van der Waals surface area contributed by atoms with E-state index in [1.54, 1.807) is 12.1 Å². The van der Waals surface area contributed by atoms with Crippen molar-refractivity contribution in [3.8, 4) is 5.75 Å². The van der Waals surface area contributed by atoms with Gasteiger partial charge in [-0.05, 0) is 37.8 Å². The summed E-state index contributed by atoms with van der Waals surface area (Å²) >= 11 is 3.80. The Morgan fingerprint density at radius 3 is 2.67 bits per heavy atom. The van der Waals surface area contributed by atoms with Gasteiger partial charge in [-0.2, -0.15) is 0 Å². The number of non-ortho nitro benzene ring substituents is 1. The molecule has 1 spiro atoms. The monoisotopic (exact) mass is 353 g/mol. The van der Waals surface area contributed by atoms with E-state index in [-0.39, 0.29) is 22.1 Å². The molecule has 0 heterocycles. The number of hydrogen-bond donors (Lipinski definition) is 0. The molecule has 2 fully saturated rings. The van der Waals surface area contributed by atoms with Crippen LogP contribution in [0, 0.1) is 22.5 Å². The van der Waals surface area contributed by atoms with E-state index in [0.717, 1.165) is 12.0 Å². The van der Waals surface area contributed by atoms with Gasteiger partial charge in [0.15, 0.2) is 0 Å². The van der Waals surface area contributed by atoms with Gasteiger partial charge in [-0.3, -0.25) is 10.1 Å². The molecule has 2 unspecified atom stereocenters. The van der Waals surface area contributed by atoms with Crippen LogP contribution in [0.3, 0.4) is 0 Å². The summed E-state index contributed by atoms with van der Waals surface area (Å²) in [6.07, 6.45) is 7.39. The van der Waals surface area contributed by atoms with E-state index in [9.17, 15) is 10.1 Å². The van der Waals surface area contributed by atoms with Crippen LogP contribution in [0.5, 0.6) is 5.75 Å². The summed E-state index contributed by atoms with van der Waals surface area (Å²) in [5.74, 6) is 0.665. The van der Waals surface area contributed by atoms with Crippen LogP contribution in [0.25, 0.3) is 0 Å². The molecule has 0 N–H and O–H groups in total. The molecule has 0 radical (unpaired) electrons. The van der Waals surface area contributed by atoms with Gasteiger partial charge in [-0.25, -0.2) is 0 Å². The maximum Gasteiger partial charge on any atom is 0.273 e. The average Bonchev–Trinajstić information content (AvgIpc) is 2.49. The summed E-state index contributed by atoms with van der Waals surface area (Å²) in [5, 5.41) is 10.9. The first kappa shape index (κ1) is 14.8. The highest BCUT2D eigenvalue weighted by atomic mass is 79.9. The van der Waals surface area contributed by atoms with Gasteiger partial charge >= 0.3 is 0 Å². The number of benzene rings is 1. The average molecular weight is 354 g/mol. The molecule has 0 aliphatic heterocycles. The quantitative estimate of drug-likeness (QED) is 0.446. The third-order valence-corrected chi connectivity index (χ3v) is 6.41. The highest BCUT2D eigenvalue weighted by Gasteiger charge is 2.55. The van der Waals surface area contributed by atoms with Crippen LogP contribution in [-0.4, -0.2) is 15.9 Å². The molecule has 2 saturated carbocycles. The second-order valence-corrected chi connectivity index (χ2v) is 7.42. The van der Waals surface area contributed by atoms with Gasteiger partial charge in [0.1, 0.15) is 11.9 Å². The van der Waals surface area contributed by atoms with Crippen LogP contribution < -0.4 is 4.74 Å². The van der Waals surface area contributed by atoms with E-state index in [1.165, 1.54) is 38.2 Å². The lowest BCUT2D eigenvalue weighted by Gasteiger charge is -2.55. The van der Waals surface area contributed by atoms with Crippen molar-refractivity contribution in [3.63, 3.8) is 0 Å². The van der Waals surface area contributed by atoms with Gasteiger partial charge < -0.3 is 4.74 Å². The minimum Gasteiger partial charge on any atom is -0.489 e. The Morgan fingerprint density at radius 2 is 2.05 bits per heavy atom. The molecule has 1 aromatic rings. The van der Waals surface area contributed by atoms with Crippen LogP contribution in [0.4, 0.5) is 5.69 Å². The number of nitrogens with zero attached hydrogens (tertiary/aromatic N) is 1. The zero-order valence-corrected chi connectivity index (χ0v) is 13.8. The molecule has 0 saturated heterocycles. The van der Waals surface area contributed by atoms with Crippen molar-refractivity contribution in [1.82, 2.24) is 0 Å². The molecular weight excluding hydrogens is 334 g/mol. The number of hydrogen-bond acceptors (Lipinski definition) is 3. The SMILES string of the molecule is Cc1ccc([N+](=O)[O-])cc1OC1CC(Br)C12CCCCC2. The smallest absolute Gasteiger partial charge is 0.273 e.